The Morgan fingerprint density at radius 2 is 1.67 bits per heavy atom. The van der Waals surface area contributed by atoms with Crippen molar-refractivity contribution in [2.75, 3.05) is 20.8 Å². The van der Waals surface area contributed by atoms with E-state index in [4.69, 9.17) is 47.4 Å². The molecule has 2 aromatic carbocycles. The largest absolute Gasteiger partial charge is 0.497 e. The maximum absolute atomic E-state index is 15.3. The van der Waals surface area contributed by atoms with Gasteiger partial charge in [0.05, 0.1) is 61.6 Å². The van der Waals surface area contributed by atoms with Crippen LogP contribution in [0.25, 0.3) is 0 Å². The van der Waals surface area contributed by atoms with E-state index in [-0.39, 0.29) is 42.9 Å². The van der Waals surface area contributed by atoms with Crippen molar-refractivity contribution in [1.29, 1.82) is 0 Å². The Kier molecular flexibility index (Phi) is 13.6. The smallest absolute Gasteiger partial charge is 0.413 e. The number of aliphatic hydroxyl groups is 2. The molecule has 0 radical (unpaired) electrons. The number of esters is 3. The Morgan fingerprint density at radius 3 is 2.24 bits per heavy atom. The first-order valence-electron chi connectivity index (χ1n) is 24.1. The molecular weight excluding hydrogens is 907 g/mol. The molecule has 2 aromatic rings. The Labute approximate surface area is 409 Å². The van der Waals surface area contributed by atoms with E-state index in [1.807, 2.05) is 20.8 Å². The molecule has 0 aromatic heterocycles. The zero-order valence-corrected chi connectivity index (χ0v) is 42.2. The molecule has 0 spiro atoms. The summed E-state index contributed by atoms with van der Waals surface area (Å²) in [6, 6.07) is 12.5. The summed E-state index contributed by atoms with van der Waals surface area (Å²) in [4.78, 5) is 59.1. The van der Waals surface area contributed by atoms with Crippen molar-refractivity contribution in [1.82, 2.24) is 4.90 Å². The molecule has 2 N–H and O–H groups in total. The molecule has 17 nitrogen and oxygen atoms in total. The second-order valence-electron chi connectivity index (χ2n) is 21.7. The fraction of sp³-hybridized carbons (Fsp3) is 0.623. The molecule has 70 heavy (non-hydrogen) atoms. The molecule has 2 saturated carbocycles. The second-order valence-corrected chi connectivity index (χ2v) is 21.7. The highest BCUT2D eigenvalue weighted by molar-refractivity contribution is 5.89. The quantitative estimate of drug-likeness (QED) is 0.128. The third-order valence-electron chi connectivity index (χ3n) is 15.4. The van der Waals surface area contributed by atoms with E-state index < -0.39 is 119 Å². The normalized spacial score (nSPS) is 35.6. The number of rotatable bonds is 12. The number of ether oxygens (including phenoxy) is 10. The highest BCUT2D eigenvalue weighted by atomic mass is 16.7. The van der Waals surface area contributed by atoms with Gasteiger partial charge in [-0.05, 0) is 95.4 Å². The van der Waals surface area contributed by atoms with Gasteiger partial charge in [-0.15, -0.1) is 0 Å². The van der Waals surface area contributed by atoms with E-state index in [1.54, 1.807) is 90.1 Å². The van der Waals surface area contributed by atoms with Gasteiger partial charge >= 0.3 is 24.0 Å². The van der Waals surface area contributed by atoms with Gasteiger partial charge in [0.25, 0.3) is 0 Å². The summed E-state index contributed by atoms with van der Waals surface area (Å²) in [5.74, 6) is -2.51. The van der Waals surface area contributed by atoms with Crippen molar-refractivity contribution in [3.63, 3.8) is 0 Å². The van der Waals surface area contributed by atoms with Crippen LogP contribution in [0.1, 0.15) is 111 Å². The monoisotopic (exact) mass is 975 g/mol. The molecule has 382 valence electrons. The van der Waals surface area contributed by atoms with Crippen molar-refractivity contribution in [2.45, 2.75) is 167 Å². The average molecular weight is 976 g/mol. The molecule has 3 aliphatic carbocycles. The lowest BCUT2D eigenvalue weighted by Crippen LogP contribution is -2.80. The highest BCUT2D eigenvalue weighted by Gasteiger charge is 2.80. The van der Waals surface area contributed by atoms with Crippen LogP contribution in [0.15, 0.2) is 72.3 Å². The van der Waals surface area contributed by atoms with Gasteiger partial charge in [-0.3, -0.25) is 9.69 Å². The van der Waals surface area contributed by atoms with E-state index in [2.05, 4.69) is 6.58 Å². The van der Waals surface area contributed by atoms with E-state index in [0.29, 0.717) is 22.6 Å². The van der Waals surface area contributed by atoms with Crippen LogP contribution in [0.2, 0.25) is 0 Å². The summed E-state index contributed by atoms with van der Waals surface area (Å²) in [6.45, 7) is 21.0. The first kappa shape index (κ1) is 51.3. The van der Waals surface area contributed by atoms with E-state index in [9.17, 15) is 24.6 Å². The number of hydrogen-bond acceptors (Lipinski definition) is 16. The number of carbonyl (C=O) groups excluding carboxylic acids is 4. The third kappa shape index (κ3) is 8.37. The van der Waals surface area contributed by atoms with Gasteiger partial charge in [-0.1, -0.05) is 45.5 Å². The number of nitrogens with zero attached hydrogens (tertiary/aromatic N) is 1. The maximum Gasteiger partial charge on any atom is 0.413 e. The molecule has 3 aliphatic heterocycles. The van der Waals surface area contributed by atoms with Gasteiger partial charge in [0.1, 0.15) is 41.5 Å². The molecule has 6 aliphatic rings. The predicted molar refractivity (Wildman–Crippen MR) is 250 cm³/mol. The van der Waals surface area contributed by atoms with E-state index in [1.165, 1.54) is 32.1 Å². The fourth-order valence-corrected chi connectivity index (χ4v) is 12.5. The van der Waals surface area contributed by atoms with Gasteiger partial charge < -0.3 is 57.6 Å². The summed E-state index contributed by atoms with van der Waals surface area (Å²) in [5, 5.41) is 26.2. The third-order valence-corrected chi connectivity index (χ3v) is 15.4. The van der Waals surface area contributed by atoms with Crippen LogP contribution >= 0.6 is 0 Å². The van der Waals surface area contributed by atoms with Crippen molar-refractivity contribution in [2.24, 2.45) is 22.7 Å². The van der Waals surface area contributed by atoms with E-state index >= 15 is 4.79 Å². The number of aliphatic hydroxyl groups excluding tert-OH is 1. The predicted octanol–water partition coefficient (Wildman–Crippen LogP) is 6.77. The molecule has 3 heterocycles. The van der Waals surface area contributed by atoms with Gasteiger partial charge in [-0.2, -0.15) is 0 Å². The van der Waals surface area contributed by atoms with Crippen LogP contribution in [0.3, 0.4) is 0 Å². The first-order valence-corrected chi connectivity index (χ1v) is 24.1. The Hall–Kier alpha value is -5.04. The maximum atomic E-state index is 15.3. The zero-order valence-electron chi connectivity index (χ0n) is 42.2. The number of methoxy groups -OCH3 is 2. The summed E-state index contributed by atoms with van der Waals surface area (Å²) in [7, 11) is 2.99. The average Bonchev–Trinajstić information content (AvgIpc) is 3.78. The summed E-state index contributed by atoms with van der Waals surface area (Å²) in [5.41, 5.74) is -6.12. The number of amides is 1. The molecule has 5 fully saturated rings. The van der Waals surface area contributed by atoms with Crippen LogP contribution in [-0.2, 0) is 47.5 Å². The van der Waals surface area contributed by atoms with Gasteiger partial charge in [0, 0.05) is 36.8 Å². The van der Waals surface area contributed by atoms with E-state index in [0.717, 1.165) is 0 Å². The summed E-state index contributed by atoms with van der Waals surface area (Å²) < 4.78 is 63.2. The number of hydrogen-bond donors (Lipinski definition) is 2. The highest BCUT2D eigenvalue weighted by Crippen LogP contribution is 2.69. The molecule has 17 heteroatoms. The second kappa shape index (κ2) is 18.5. The van der Waals surface area contributed by atoms with Crippen LogP contribution in [0.4, 0.5) is 4.79 Å². The molecule has 0 bridgehead atoms. The standard InChI is InChI=1S/C53H69NO16/c1-14-38-65-36-24-37-53(26-63-37,69-29(5)55)42-44(68-46(57)30-18-16-15-17-19-30)52(50(9,10)60)25-35(28(4)39(52)40(56)43(66-38)51(36,42)11)64-47(58)41-33(22-27(2)3)54(48(59)70-49(6,7)8)45(67-41)32-21-20-31(61-12)23-34(32)62-13/h14-21,23,27,33,35-38,40-45,56,60H,1,22,24-26H2,2-13H3/t33-,35-,36-,37+,38?,40-,41+,42-,43?,44-,45?,51+,52-,53-/m0/s1. The van der Waals surface area contributed by atoms with Crippen molar-refractivity contribution >= 4 is 24.0 Å². The lowest BCUT2D eigenvalue weighted by Gasteiger charge is -2.67. The number of carbonyl (C=O) groups is 4. The molecule has 14 atom stereocenters. The molecule has 3 unspecified atom stereocenters. The minimum atomic E-state index is -1.88. The SMILES string of the molecule is C=CC1OC2[C@@H](O)C3=C(C)[C@@H](OC(=O)[C@@H]4OC(c5ccc(OC)cc5OC)N(C(=O)OC(C)(C)C)[C@H]4CC(C)C)C[C@@]3(C(C)(C)O)[C@@H](OC(=O)c3ccccc3)[C@@H]3[C@]4(OC(C)=O)CO[C@@H]4C[C@H](O1)[C@@]23C. The minimum absolute atomic E-state index is 0.0580. The lowest BCUT2D eigenvalue weighted by atomic mass is 9.49. The molecule has 1 amide bonds. The number of fused-ring (bicyclic) bond motifs is 3. The zero-order chi connectivity index (χ0) is 51.0. The fourth-order valence-electron chi connectivity index (χ4n) is 12.5. The minimum Gasteiger partial charge on any atom is -0.497 e. The van der Waals surface area contributed by atoms with Crippen LogP contribution in [0, 0.1) is 22.7 Å². The lowest BCUT2D eigenvalue weighted by molar-refractivity contribution is -0.392. The summed E-state index contributed by atoms with van der Waals surface area (Å²) in [6.07, 6.45) is -9.32. The van der Waals surface area contributed by atoms with Crippen molar-refractivity contribution in [3.8, 4) is 11.5 Å². The Balaban J connectivity index is 1.28. The van der Waals surface area contributed by atoms with Crippen molar-refractivity contribution in [3.05, 3.63) is 83.5 Å². The first-order chi connectivity index (χ1) is 32.9. The Morgan fingerprint density at radius 1 is 0.971 bits per heavy atom. The number of benzene rings is 2. The molecular formula is C53H69NO16. The topological polar surface area (TPSA) is 204 Å². The van der Waals surface area contributed by atoms with Gasteiger partial charge in [0.15, 0.2) is 24.2 Å². The molecule has 8 rings (SSSR count). The molecule has 3 saturated heterocycles. The van der Waals surface area contributed by atoms with Gasteiger partial charge in [-0.25, -0.2) is 14.4 Å². The Bertz CT molecular complexity index is 2390. The van der Waals surface area contributed by atoms with Crippen LogP contribution < -0.4 is 9.47 Å². The van der Waals surface area contributed by atoms with Gasteiger partial charge in [0.2, 0.25) is 0 Å². The van der Waals surface area contributed by atoms with Crippen molar-refractivity contribution < 1.29 is 76.8 Å². The van der Waals surface area contributed by atoms with Crippen LogP contribution in [0.5, 0.6) is 11.5 Å². The summed E-state index contributed by atoms with van der Waals surface area (Å²) >= 11 is 0. The van der Waals surface area contributed by atoms with Crippen LogP contribution in [-0.4, -0.2) is 132 Å².